The van der Waals surface area contributed by atoms with Crippen molar-refractivity contribution in [2.75, 3.05) is 0 Å². The molecular weight excluding hydrogens is 282 g/mol. The van der Waals surface area contributed by atoms with Crippen molar-refractivity contribution >= 4 is 17.5 Å². The summed E-state index contributed by atoms with van der Waals surface area (Å²) in [6.07, 6.45) is 4.90. The number of nitrogens with zero attached hydrogens (tertiary/aromatic N) is 2. The van der Waals surface area contributed by atoms with Gasteiger partial charge in [-0.25, -0.2) is 4.98 Å². The Balaban J connectivity index is 2.08. The molecule has 0 atom stereocenters. The predicted octanol–water partition coefficient (Wildman–Crippen LogP) is 2.03. The summed E-state index contributed by atoms with van der Waals surface area (Å²) in [6, 6.07) is 5.65. The van der Waals surface area contributed by atoms with Crippen molar-refractivity contribution < 1.29 is 14.7 Å². The summed E-state index contributed by atoms with van der Waals surface area (Å²) in [7, 11) is 0. The Morgan fingerprint density at radius 1 is 1.32 bits per heavy atom. The van der Waals surface area contributed by atoms with Crippen molar-refractivity contribution in [3.8, 4) is 0 Å². The number of nitrogens with one attached hydrogen (secondary N) is 1. The van der Waals surface area contributed by atoms with Crippen LogP contribution in [0.15, 0.2) is 30.6 Å². The summed E-state index contributed by atoms with van der Waals surface area (Å²) < 4.78 is 1.85. The highest BCUT2D eigenvalue weighted by Gasteiger charge is 2.31. The van der Waals surface area contributed by atoms with Crippen LogP contribution < -0.4 is 5.32 Å². The van der Waals surface area contributed by atoms with E-state index in [9.17, 15) is 9.59 Å². The van der Waals surface area contributed by atoms with Crippen LogP contribution in [0.1, 0.15) is 38.8 Å². The summed E-state index contributed by atoms with van der Waals surface area (Å²) in [6.45, 7) is 3.77. The molecule has 0 radical (unpaired) electrons. The summed E-state index contributed by atoms with van der Waals surface area (Å²) in [5.74, 6) is -1.11. The van der Waals surface area contributed by atoms with E-state index in [1.165, 1.54) is 0 Å². The first kappa shape index (κ1) is 16.0. The van der Waals surface area contributed by atoms with Crippen LogP contribution >= 0.6 is 0 Å². The number of imidazole rings is 1. The zero-order valence-corrected chi connectivity index (χ0v) is 12.9. The number of carbonyl (C=O) groups excluding carboxylic acids is 1. The van der Waals surface area contributed by atoms with Gasteiger partial charge in [-0.05, 0) is 25.0 Å². The lowest BCUT2D eigenvalue weighted by atomic mass is 9.88. The number of carbonyl (C=O) groups is 2. The molecule has 2 N–H and O–H groups in total. The van der Waals surface area contributed by atoms with E-state index in [0.717, 1.165) is 5.65 Å². The molecule has 6 heteroatoms. The Labute approximate surface area is 129 Å². The maximum Gasteiger partial charge on any atom is 0.305 e. The standard InChI is InChI=1S/C16H21N3O3/c1-3-16(4-2,10-15(21)22)18-14(20)9-12-11-19-8-6-5-7-13(19)17-12/h5-8,11H,3-4,9-10H2,1-2H3,(H,18,20)(H,21,22). The van der Waals surface area contributed by atoms with E-state index in [0.29, 0.717) is 18.5 Å². The number of amides is 1. The molecule has 118 valence electrons. The number of aromatic nitrogens is 2. The minimum atomic E-state index is -0.906. The van der Waals surface area contributed by atoms with Gasteiger partial charge in [-0.3, -0.25) is 9.59 Å². The number of rotatable bonds is 7. The molecule has 0 saturated heterocycles. The quantitative estimate of drug-likeness (QED) is 0.819. The van der Waals surface area contributed by atoms with Crippen LogP contribution in [0, 0.1) is 0 Å². The molecule has 1 amide bonds. The molecule has 2 aromatic heterocycles. The van der Waals surface area contributed by atoms with Gasteiger partial charge < -0.3 is 14.8 Å². The Bertz CT molecular complexity index is 641. The van der Waals surface area contributed by atoms with Crippen molar-refractivity contribution in [3.05, 3.63) is 36.3 Å². The summed E-state index contributed by atoms with van der Waals surface area (Å²) in [5, 5.41) is 11.9. The number of hydrogen-bond acceptors (Lipinski definition) is 3. The van der Waals surface area contributed by atoms with Gasteiger partial charge in [0.15, 0.2) is 0 Å². The number of fused-ring (bicyclic) bond motifs is 1. The van der Waals surface area contributed by atoms with Gasteiger partial charge in [0, 0.05) is 17.9 Å². The van der Waals surface area contributed by atoms with E-state index < -0.39 is 11.5 Å². The van der Waals surface area contributed by atoms with Gasteiger partial charge in [0.1, 0.15) is 5.65 Å². The average molecular weight is 303 g/mol. The molecular formula is C16H21N3O3. The fourth-order valence-electron chi connectivity index (χ4n) is 2.59. The third-order valence-electron chi connectivity index (χ3n) is 4.00. The monoisotopic (exact) mass is 303 g/mol. The van der Waals surface area contributed by atoms with Crippen LogP contribution in [0.5, 0.6) is 0 Å². The molecule has 2 heterocycles. The van der Waals surface area contributed by atoms with Gasteiger partial charge in [-0.15, -0.1) is 0 Å². The molecule has 0 aliphatic heterocycles. The molecule has 0 aliphatic carbocycles. The molecule has 0 spiro atoms. The van der Waals surface area contributed by atoms with E-state index >= 15 is 0 Å². The summed E-state index contributed by atoms with van der Waals surface area (Å²) in [4.78, 5) is 27.7. The molecule has 0 bridgehead atoms. The van der Waals surface area contributed by atoms with E-state index in [1.807, 2.05) is 48.8 Å². The van der Waals surface area contributed by atoms with Crippen molar-refractivity contribution in [1.29, 1.82) is 0 Å². The molecule has 6 nitrogen and oxygen atoms in total. The van der Waals surface area contributed by atoms with Crippen LogP contribution in [-0.4, -0.2) is 31.9 Å². The van der Waals surface area contributed by atoms with Crippen molar-refractivity contribution in [3.63, 3.8) is 0 Å². The summed E-state index contributed by atoms with van der Waals surface area (Å²) >= 11 is 0. The molecule has 22 heavy (non-hydrogen) atoms. The Kier molecular flexibility index (Phi) is 4.80. The highest BCUT2D eigenvalue weighted by Crippen LogP contribution is 2.20. The Morgan fingerprint density at radius 2 is 2.05 bits per heavy atom. The van der Waals surface area contributed by atoms with Crippen LogP contribution in [0.3, 0.4) is 0 Å². The lowest BCUT2D eigenvalue weighted by Crippen LogP contribution is -2.49. The number of carboxylic acid groups (broad SMARTS) is 1. The van der Waals surface area contributed by atoms with Gasteiger partial charge in [-0.1, -0.05) is 19.9 Å². The normalized spacial score (nSPS) is 11.5. The number of hydrogen-bond donors (Lipinski definition) is 2. The van der Waals surface area contributed by atoms with Crippen molar-refractivity contribution in [2.45, 2.75) is 45.1 Å². The molecule has 0 saturated carbocycles. The average Bonchev–Trinajstić information content (AvgIpc) is 2.87. The van der Waals surface area contributed by atoms with Crippen LogP contribution in [0.4, 0.5) is 0 Å². The number of pyridine rings is 1. The molecule has 0 unspecified atom stereocenters. The van der Waals surface area contributed by atoms with E-state index in [2.05, 4.69) is 10.3 Å². The van der Waals surface area contributed by atoms with Crippen LogP contribution in [0.25, 0.3) is 5.65 Å². The van der Waals surface area contributed by atoms with Crippen molar-refractivity contribution in [2.24, 2.45) is 0 Å². The van der Waals surface area contributed by atoms with Gasteiger partial charge >= 0.3 is 5.97 Å². The molecule has 0 fully saturated rings. The van der Waals surface area contributed by atoms with Gasteiger partial charge in [0.05, 0.1) is 18.5 Å². The van der Waals surface area contributed by atoms with Crippen molar-refractivity contribution in [1.82, 2.24) is 14.7 Å². The van der Waals surface area contributed by atoms with E-state index in [4.69, 9.17) is 5.11 Å². The van der Waals surface area contributed by atoms with Crippen LogP contribution in [-0.2, 0) is 16.0 Å². The topological polar surface area (TPSA) is 83.7 Å². The zero-order chi connectivity index (χ0) is 16.2. The lowest BCUT2D eigenvalue weighted by Gasteiger charge is -2.31. The first-order chi connectivity index (χ1) is 10.5. The maximum absolute atomic E-state index is 12.3. The third kappa shape index (κ3) is 3.63. The number of aliphatic carboxylic acids is 1. The molecule has 0 aromatic carbocycles. The SMILES string of the molecule is CCC(CC)(CC(=O)O)NC(=O)Cc1cn2ccccc2n1. The fourth-order valence-corrected chi connectivity index (χ4v) is 2.59. The first-order valence-corrected chi connectivity index (χ1v) is 7.43. The van der Waals surface area contributed by atoms with Crippen LogP contribution in [0.2, 0.25) is 0 Å². The first-order valence-electron chi connectivity index (χ1n) is 7.43. The fraction of sp³-hybridized carbons (Fsp3) is 0.438. The second-order valence-corrected chi connectivity index (χ2v) is 5.48. The number of carboxylic acids is 1. The Hall–Kier alpha value is -2.37. The predicted molar refractivity (Wildman–Crippen MR) is 82.6 cm³/mol. The molecule has 2 aromatic rings. The Morgan fingerprint density at radius 3 is 2.64 bits per heavy atom. The highest BCUT2D eigenvalue weighted by molar-refractivity contribution is 5.80. The third-order valence-corrected chi connectivity index (χ3v) is 4.00. The minimum Gasteiger partial charge on any atom is -0.481 e. The zero-order valence-electron chi connectivity index (χ0n) is 12.9. The van der Waals surface area contributed by atoms with Gasteiger partial charge in [0.25, 0.3) is 0 Å². The summed E-state index contributed by atoms with van der Waals surface area (Å²) in [5.41, 5.74) is 0.760. The van der Waals surface area contributed by atoms with E-state index in [-0.39, 0.29) is 18.7 Å². The minimum absolute atomic E-state index is 0.0725. The second kappa shape index (κ2) is 6.60. The van der Waals surface area contributed by atoms with Gasteiger partial charge in [-0.2, -0.15) is 0 Å². The maximum atomic E-state index is 12.3. The smallest absolute Gasteiger partial charge is 0.305 e. The highest BCUT2D eigenvalue weighted by atomic mass is 16.4. The van der Waals surface area contributed by atoms with E-state index in [1.54, 1.807) is 0 Å². The molecule has 2 rings (SSSR count). The lowest BCUT2D eigenvalue weighted by molar-refractivity contribution is -0.139. The second-order valence-electron chi connectivity index (χ2n) is 5.48. The largest absolute Gasteiger partial charge is 0.481 e. The van der Waals surface area contributed by atoms with Gasteiger partial charge in [0.2, 0.25) is 5.91 Å². The molecule has 0 aliphatic rings.